The molecule has 0 aromatic carbocycles. The molecule has 1 N–H and O–H groups in total. The Kier molecular flexibility index (Phi) is 6.69. The first kappa shape index (κ1) is 13.7. The summed E-state index contributed by atoms with van der Waals surface area (Å²) in [7, 11) is 1.74. The first-order valence-corrected chi connectivity index (χ1v) is 6.91. The van der Waals surface area contributed by atoms with Crippen molar-refractivity contribution in [3.8, 4) is 0 Å². The van der Waals surface area contributed by atoms with Gasteiger partial charge >= 0.3 is 0 Å². The summed E-state index contributed by atoms with van der Waals surface area (Å²) in [5.41, 5.74) is 1.47. The van der Waals surface area contributed by atoms with Crippen molar-refractivity contribution < 1.29 is 4.74 Å². The quantitative estimate of drug-likeness (QED) is 0.707. The van der Waals surface area contributed by atoms with E-state index in [1.807, 2.05) is 0 Å². The first-order chi connectivity index (χ1) is 7.74. The molecule has 0 fully saturated rings. The molecule has 1 heterocycles. The summed E-state index contributed by atoms with van der Waals surface area (Å²) in [5, 5.41) is 7.89. The van der Waals surface area contributed by atoms with E-state index < -0.39 is 0 Å². The molecule has 0 aliphatic rings. The Balaban J connectivity index is 2.15. The Morgan fingerprint density at radius 2 is 2.25 bits per heavy atom. The van der Waals surface area contributed by atoms with Crippen LogP contribution in [0.3, 0.4) is 0 Å². The molecule has 0 aliphatic heterocycles. The standard InChI is InChI=1S/C13H23NOS/c1-11(12(2)14-7-8-15-3)4-5-13-6-9-16-10-13/h6,9-12,14H,4-5,7-8H2,1-3H3. The molecule has 3 heteroatoms. The van der Waals surface area contributed by atoms with Gasteiger partial charge in [-0.2, -0.15) is 11.3 Å². The van der Waals surface area contributed by atoms with Gasteiger partial charge in [0, 0.05) is 19.7 Å². The van der Waals surface area contributed by atoms with E-state index in [0.29, 0.717) is 12.0 Å². The van der Waals surface area contributed by atoms with Crippen LogP contribution in [0.5, 0.6) is 0 Å². The zero-order valence-electron chi connectivity index (χ0n) is 10.5. The maximum atomic E-state index is 5.03. The number of aryl methyl sites for hydroxylation is 1. The molecule has 0 amide bonds. The Hall–Kier alpha value is -0.380. The predicted molar refractivity (Wildman–Crippen MR) is 71.1 cm³/mol. The summed E-state index contributed by atoms with van der Waals surface area (Å²) in [5.74, 6) is 0.705. The minimum absolute atomic E-state index is 0.564. The van der Waals surface area contributed by atoms with Crippen molar-refractivity contribution in [1.29, 1.82) is 0 Å². The van der Waals surface area contributed by atoms with Gasteiger partial charge < -0.3 is 10.1 Å². The molecule has 0 spiro atoms. The summed E-state index contributed by atoms with van der Waals surface area (Å²) in [6.07, 6.45) is 2.44. The van der Waals surface area contributed by atoms with Crippen LogP contribution in [-0.4, -0.2) is 26.3 Å². The van der Waals surface area contributed by atoms with E-state index in [1.165, 1.54) is 18.4 Å². The van der Waals surface area contributed by atoms with Gasteiger partial charge in [-0.1, -0.05) is 6.92 Å². The van der Waals surface area contributed by atoms with Gasteiger partial charge in [0.05, 0.1) is 6.61 Å². The zero-order chi connectivity index (χ0) is 11.8. The highest BCUT2D eigenvalue weighted by molar-refractivity contribution is 7.07. The summed E-state index contributed by atoms with van der Waals surface area (Å²) in [6, 6.07) is 2.79. The van der Waals surface area contributed by atoms with Crippen LogP contribution in [-0.2, 0) is 11.2 Å². The molecule has 0 radical (unpaired) electrons. The Bertz CT molecular complexity index is 261. The average molecular weight is 241 g/mol. The number of hydrogen-bond acceptors (Lipinski definition) is 3. The molecule has 0 bridgehead atoms. The van der Waals surface area contributed by atoms with E-state index in [2.05, 4.69) is 36.0 Å². The van der Waals surface area contributed by atoms with E-state index in [4.69, 9.17) is 4.74 Å². The second-order valence-corrected chi connectivity index (χ2v) is 5.16. The molecule has 1 aromatic rings. The molecular formula is C13H23NOS. The molecule has 0 saturated heterocycles. The Labute approximate surface area is 103 Å². The highest BCUT2D eigenvalue weighted by Crippen LogP contribution is 2.14. The SMILES string of the molecule is COCCNC(C)C(C)CCc1ccsc1. The van der Waals surface area contributed by atoms with Gasteiger partial charge in [0.15, 0.2) is 0 Å². The molecule has 2 atom stereocenters. The predicted octanol–water partition coefficient (Wildman–Crippen LogP) is 2.94. The summed E-state index contributed by atoms with van der Waals surface area (Å²) in [6.45, 7) is 6.31. The lowest BCUT2D eigenvalue weighted by Crippen LogP contribution is -2.34. The van der Waals surface area contributed by atoms with Crippen LogP contribution in [0.1, 0.15) is 25.8 Å². The fourth-order valence-electron chi connectivity index (χ4n) is 1.67. The lowest BCUT2D eigenvalue weighted by atomic mass is 9.96. The third-order valence-corrected chi connectivity index (χ3v) is 3.83. The van der Waals surface area contributed by atoms with Crippen LogP contribution in [0, 0.1) is 5.92 Å². The second-order valence-electron chi connectivity index (χ2n) is 4.38. The fourth-order valence-corrected chi connectivity index (χ4v) is 2.37. The van der Waals surface area contributed by atoms with Crippen molar-refractivity contribution in [3.63, 3.8) is 0 Å². The number of hydrogen-bond donors (Lipinski definition) is 1. The molecule has 0 aliphatic carbocycles. The Morgan fingerprint density at radius 3 is 2.88 bits per heavy atom. The van der Waals surface area contributed by atoms with E-state index in [1.54, 1.807) is 18.4 Å². The van der Waals surface area contributed by atoms with Gasteiger partial charge in [-0.15, -0.1) is 0 Å². The topological polar surface area (TPSA) is 21.3 Å². The molecule has 2 nitrogen and oxygen atoms in total. The maximum Gasteiger partial charge on any atom is 0.0587 e. The van der Waals surface area contributed by atoms with Crippen LogP contribution in [0.2, 0.25) is 0 Å². The highest BCUT2D eigenvalue weighted by Gasteiger charge is 2.11. The molecule has 2 unspecified atom stereocenters. The molecule has 92 valence electrons. The second kappa shape index (κ2) is 7.82. The Morgan fingerprint density at radius 1 is 1.44 bits per heavy atom. The van der Waals surface area contributed by atoms with Crippen LogP contribution < -0.4 is 5.32 Å². The van der Waals surface area contributed by atoms with Crippen molar-refractivity contribution >= 4 is 11.3 Å². The van der Waals surface area contributed by atoms with Crippen LogP contribution in [0.25, 0.3) is 0 Å². The van der Waals surface area contributed by atoms with Gasteiger partial charge in [-0.25, -0.2) is 0 Å². The van der Waals surface area contributed by atoms with Gasteiger partial charge in [-0.3, -0.25) is 0 Å². The van der Waals surface area contributed by atoms with Crippen molar-refractivity contribution in [1.82, 2.24) is 5.32 Å². The van der Waals surface area contributed by atoms with Gasteiger partial charge in [-0.05, 0) is 48.1 Å². The van der Waals surface area contributed by atoms with Crippen molar-refractivity contribution in [2.24, 2.45) is 5.92 Å². The summed E-state index contributed by atoms with van der Waals surface area (Å²) in [4.78, 5) is 0. The molecule has 0 saturated carbocycles. The third kappa shape index (κ3) is 5.10. The first-order valence-electron chi connectivity index (χ1n) is 5.97. The third-order valence-electron chi connectivity index (χ3n) is 3.09. The lowest BCUT2D eigenvalue weighted by Gasteiger charge is -2.21. The van der Waals surface area contributed by atoms with Crippen molar-refractivity contribution in [2.75, 3.05) is 20.3 Å². The monoisotopic (exact) mass is 241 g/mol. The smallest absolute Gasteiger partial charge is 0.0587 e. The average Bonchev–Trinajstić information content (AvgIpc) is 2.79. The fraction of sp³-hybridized carbons (Fsp3) is 0.692. The van der Waals surface area contributed by atoms with Crippen molar-refractivity contribution in [3.05, 3.63) is 22.4 Å². The lowest BCUT2D eigenvalue weighted by molar-refractivity contribution is 0.192. The normalized spacial score (nSPS) is 14.9. The van der Waals surface area contributed by atoms with Gasteiger partial charge in [0.1, 0.15) is 0 Å². The maximum absolute atomic E-state index is 5.03. The number of rotatable bonds is 8. The summed E-state index contributed by atoms with van der Waals surface area (Å²) < 4.78 is 5.03. The van der Waals surface area contributed by atoms with Crippen LogP contribution in [0.15, 0.2) is 16.8 Å². The molecular weight excluding hydrogens is 218 g/mol. The number of thiophene rings is 1. The highest BCUT2D eigenvalue weighted by atomic mass is 32.1. The van der Waals surface area contributed by atoms with Crippen molar-refractivity contribution in [2.45, 2.75) is 32.7 Å². The van der Waals surface area contributed by atoms with Gasteiger partial charge in [0.2, 0.25) is 0 Å². The zero-order valence-corrected chi connectivity index (χ0v) is 11.3. The minimum Gasteiger partial charge on any atom is -0.383 e. The van der Waals surface area contributed by atoms with Crippen LogP contribution >= 0.6 is 11.3 Å². The minimum atomic E-state index is 0.564. The van der Waals surface area contributed by atoms with E-state index in [0.717, 1.165) is 13.2 Å². The van der Waals surface area contributed by atoms with Gasteiger partial charge in [0.25, 0.3) is 0 Å². The largest absolute Gasteiger partial charge is 0.383 e. The number of ether oxygens (including phenoxy) is 1. The number of methoxy groups -OCH3 is 1. The summed E-state index contributed by atoms with van der Waals surface area (Å²) >= 11 is 1.78. The molecule has 16 heavy (non-hydrogen) atoms. The van der Waals surface area contributed by atoms with Crippen LogP contribution in [0.4, 0.5) is 0 Å². The van der Waals surface area contributed by atoms with E-state index in [-0.39, 0.29) is 0 Å². The van der Waals surface area contributed by atoms with E-state index >= 15 is 0 Å². The number of nitrogens with one attached hydrogen (secondary N) is 1. The molecule has 1 aromatic heterocycles. The van der Waals surface area contributed by atoms with E-state index in [9.17, 15) is 0 Å². The molecule has 1 rings (SSSR count).